The summed E-state index contributed by atoms with van der Waals surface area (Å²) in [6.07, 6.45) is 0. The molecule has 1 aromatic heterocycles. The van der Waals surface area contributed by atoms with Gasteiger partial charge in [-0.25, -0.2) is 0 Å². The molecule has 2 unspecified atom stereocenters. The van der Waals surface area contributed by atoms with Crippen molar-refractivity contribution in [3.8, 4) is 0 Å². The maximum absolute atomic E-state index is 9.14. The SMILES string of the molecule is Cc1cc(C)n(C(CO)C(C)N)n1. The fraction of sp³-hybridized carbons (Fsp3) is 0.667. The van der Waals surface area contributed by atoms with Crippen molar-refractivity contribution in [2.75, 3.05) is 6.61 Å². The average Bonchev–Trinajstić information content (AvgIpc) is 2.31. The first-order valence-corrected chi connectivity index (χ1v) is 4.45. The van der Waals surface area contributed by atoms with Crippen LogP contribution < -0.4 is 5.73 Å². The monoisotopic (exact) mass is 183 g/mol. The van der Waals surface area contributed by atoms with Crippen LogP contribution in [0.25, 0.3) is 0 Å². The Hall–Kier alpha value is -0.870. The molecule has 0 saturated carbocycles. The molecule has 0 aliphatic rings. The maximum atomic E-state index is 9.14. The van der Waals surface area contributed by atoms with Crippen molar-refractivity contribution < 1.29 is 5.11 Å². The lowest BCUT2D eigenvalue weighted by Gasteiger charge is -2.20. The molecule has 1 aromatic rings. The molecular weight excluding hydrogens is 166 g/mol. The number of aliphatic hydroxyl groups is 1. The molecule has 0 spiro atoms. The highest BCUT2D eigenvalue weighted by Gasteiger charge is 2.17. The van der Waals surface area contributed by atoms with E-state index in [1.165, 1.54) is 0 Å². The van der Waals surface area contributed by atoms with E-state index in [0.717, 1.165) is 11.4 Å². The molecule has 1 rings (SSSR count). The van der Waals surface area contributed by atoms with Gasteiger partial charge in [-0.05, 0) is 26.8 Å². The normalized spacial score (nSPS) is 15.8. The Morgan fingerprint density at radius 2 is 2.23 bits per heavy atom. The molecule has 2 atom stereocenters. The Balaban J connectivity index is 2.97. The second kappa shape index (κ2) is 3.89. The molecule has 0 aliphatic carbocycles. The number of nitrogens with two attached hydrogens (primary N) is 1. The second-order valence-corrected chi connectivity index (χ2v) is 3.48. The molecule has 0 radical (unpaired) electrons. The predicted octanol–water partition coefficient (Wildman–Crippen LogP) is 0.381. The third-order valence-electron chi connectivity index (χ3n) is 2.15. The number of nitrogens with zero attached hydrogens (tertiary/aromatic N) is 2. The van der Waals surface area contributed by atoms with E-state index in [2.05, 4.69) is 5.10 Å². The summed E-state index contributed by atoms with van der Waals surface area (Å²) in [5.41, 5.74) is 7.73. The molecule has 0 aromatic carbocycles. The smallest absolute Gasteiger partial charge is 0.0900 e. The zero-order valence-electron chi connectivity index (χ0n) is 8.36. The van der Waals surface area contributed by atoms with Crippen LogP contribution in [0.2, 0.25) is 0 Å². The van der Waals surface area contributed by atoms with Crippen LogP contribution in [-0.4, -0.2) is 27.5 Å². The first-order chi connectivity index (χ1) is 6.06. The lowest BCUT2D eigenvalue weighted by Crippen LogP contribution is -2.33. The largest absolute Gasteiger partial charge is 0.394 e. The number of hydrogen-bond acceptors (Lipinski definition) is 3. The fourth-order valence-corrected chi connectivity index (χ4v) is 1.45. The molecule has 0 bridgehead atoms. The Bertz CT molecular complexity index is 280. The molecule has 1 heterocycles. The second-order valence-electron chi connectivity index (χ2n) is 3.48. The number of hydrogen-bond donors (Lipinski definition) is 2. The molecule has 4 nitrogen and oxygen atoms in total. The van der Waals surface area contributed by atoms with Gasteiger partial charge in [0.05, 0.1) is 18.3 Å². The minimum Gasteiger partial charge on any atom is -0.394 e. The summed E-state index contributed by atoms with van der Waals surface area (Å²) in [6, 6.07) is 1.77. The first kappa shape index (κ1) is 10.2. The van der Waals surface area contributed by atoms with E-state index in [1.54, 1.807) is 4.68 Å². The van der Waals surface area contributed by atoms with Crippen molar-refractivity contribution in [1.29, 1.82) is 0 Å². The number of rotatable bonds is 3. The molecule has 0 fully saturated rings. The number of aryl methyl sites for hydroxylation is 2. The lowest BCUT2D eigenvalue weighted by molar-refractivity contribution is 0.199. The van der Waals surface area contributed by atoms with Gasteiger partial charge in [-0.15, -0.1) is 0 Å². The van der Waals surface area contributed by atoms with E-state index in [-0.39, 0.29) is 18.7 Å². The average molecular weight is 183 g/mol. The van der Waals surface area contributed by atoms with Gasteiger partial charge >= 0.3 is 0 Å². The van der Waals surface area contributed by atoms with E-state index in [0.29, 0.717) is 0 Å². The summed E-state index contributed by atoms with van der Waals surface area (Å²) in [7, 11) is 0. The summed E-state index contributed by atoms with van der Waals surface area (Å²) in [4.78, 5) is 0. The quantitative estimate of drug-likeness (QED) is 0.712. The van der Waals surface area contributed by atoms with Gasteiger partial charge in [0, 0.05) is 11.7 Å². The van der Waals surface area contributed by atoms with Crippen LogP contribution in [0.3, 0.4) is 0 Å². The molecule has 0 saturated heterocycles. The van der Waals surface area contributed by atoms with Crippen LogP contribution in [0.4, 0.5) is 0 Å². The Labute approximate surface area is 78.4 Å². The van der Waals surface area contributed by atoms with E-state index >= 15 is 0 Å². The fourth-order valence-electron chi connectivity index (χ4n) is 1.45. The van der Waals surface area contributed by atoms with E-state index < -0.39 is 0 Å². The maximum Gasteiger partial charge on any atom is 0.0900 e. The van der Waals surface area contributed by atoms with Crippen molar-refractivity contribution in [2.45, 2.75) is 32.9 Å². The van der Waals surface area contributed by atoms with Crippen molar-refractivity contribution in [1.82, 2.24) is 9.78 Å². The van der Waals surface area contributed by atoms with Crippen molar-refractivity contribution >= 4 is 0 Å². The first-order valence-electron chi connectivity index (χ1n) is 4.45. The van der Waals surface area contributed by atoms with Gasteiger partial charge in [0.1, 0.15) is 0 Å². The van der Waals surface area contributed by atoms with Gasteiger partial charge in [0.25, 0.3) is 0 Å². The summed E-state index contributed by atoms with van der Waals surface area (Å²) in [5, 5.41) is 13.4. The number of aliphatic hydroxyl groups excluding tert-OH is 1. The highest BCUT2D eigenvalue weighted by atomic mass is 16.3. The zero-order valence-corrected chi connectivity index (χ0v) is 8.36. The third-order valence-corrected chi connectivity index (χ3v) is 2.15. The molecule has 4 heteroatoms. The summed E-state index contributed by atoms with van der Waals surface area (Å²) >= 11 is 0. The summed E-state index contributed by atoms with van der Waals surface area (Å²) < 4.78 is 1.79. The van der Waals surface area contributed by atoms with Gasteiger partial charge < -0.3 is 10.8 Å². The van der Waals surface area contributed by atoms with Crippen molar-refractivity contribution in [3.63, 3.8) is 0 Å². The molecule has 74 valence electrons. The van der Waals surface area contributed by atoms with Crippen molar-refractivity contribution in [2.24, 2.45) is 5.73 Å². The predicted molar refractivity (Wildman–Crippen MR) is 51.5 cm³/mol. The van der Waals surface area contributed by atoms with Crippen LogP contribution in [0, 0.1) is 13.8 Å². The molecular formula is C9H17N3O. The zero-order chi connectivity index (χ0) is 10.0. The molecule has 3 N–H and O–H groups in total. The third kappa shape index (κ3) is 2.08. The van der Waals surface area contributed by atoms with Gasteiger partial charge in [-0.2, -0.15) is 5.10 Å². The topological polar surface area (TPSA) is 64.1 Å². The molecule has 0 amide bonds. The van der Waals surface area contributed by atoms with Gasteiger partial charge in [-0.1, -0.05) is 0 Å². The minimum atomic E-state index is -0.117. The minimum absolute atomic E-state index is 0.0274. The Kier molecular flexibility index (Phi) is 3.06. The van der Waals surface area contributed by atoms with Crippen LogP contribution >= 0.6 is 0 Å². The van der Waals surface area contributed by atoms with Crippen LogP contribution in [0.5, 0.6) is 0 Å². The van der Waals surface area contributed by atoms with E-state index in [9.17, 15) is 0 Å². The Morgan fingerprint density at radius 3 is 2.54 bits per heavy atom. The van der Waals surface area contributed by atoms with Crippen LogP contribution in [0.15, 0.2) is 6.07 Å². The standard InChI is InChI=1S/C9H17N3O/c1-6-4-7(2)12(11-6)9(5-13)8(3)10/h4,8-9,13H,5,10H2,1-3H3. The van der Waals surface area contributed by atoms with Gasteiger partial charge in [0.15, 0.2) is 0 Å². The van der Waals surface area contributed by atoms with Crippen LogP contribution in [-0.2, 0) is 0 Å². The Morgan fingerprint density at radius 1 is 1.62 bits per heavy atom. The van der Waals surface area contributed by atoms with Crippen molar-refractivity contribution in [3.05, 3.63) is 17.5 Å². The lowest BCUT2D eigenvalue weighted by atomic mass is 10.1. The summed E-state index contributed by atoms with van der Waals surface area (Å²) in [6.45, 7) is 5.79. The molecule has 13 heavy (non-hydrogen) atoms. The highest BCUT2D eigenvalue weighted by Crippen LogP contribution is 2.12. The van der Waals surface area contributed by atoms with E-state index in [1.807, 2.05) is 26.8 Å². The number of aromatic nitrogens is 2. The van der Waals surface area contributed by atoms with E-state index in [4.69, 9.17) is 10.8 Å². The van der Waals surface area contributed by atoms with Gasteiger partial charge in [0.2, 0.25) is 0 Å². The highest BCUT2D eigenvalue weighted by molar-refractivity contribution is 5.08. The van der Waals surface area contributed by atoms with Crippen LogP contribution in [0.1, 0.15) is 24.4 Å². The molecule has 0 aliphatic heterocycles. The van der Waals surface area contributed by atoms with Gasteiger partial charge in [-0.3, -0.25) is 4.68 Å². The summed E-state index contributed by atoms with van der Waals surface area (Å²) in [5.74, 6) is 0.